The molecule has 1 aromatic heterocycles. The Labute approximate surface area is 115 Å². The van der Waals surface area contributed by atoms with Crippen molar-refractivity contribution in [3.05, 3.63) is 23.5 Å². The van der Waals surface area contributed by atoms with Crippen molar-refractivity contribution in [1.82, 2.24) is 20.2 Å². The summed E-state index contributed by atoms with van der Waals surface area (Å²) in [7, 11) is 0. The first-order valence-electron chi connectivity index (χ1n) is 6.59. The molecule has 0 amide bonds. The van der Waals surface area contributed by atoms with E-state index in [4.69, 9.17) is 10.5 Å². The minimum atomic E-state index is -0.345. The van der Waals surface area contributed by atoms with Crippen LogP contribution in [0, 0.1) is 12.7 Å². The van der Waals surface area contributed by atoms with Crippen LogP contribution in [0.1, 0.15) is 18.4 Å². The number of hydrogen-bond donors (Lipinski definition) is 1. The van der Waals surface area contributed by atoms with E-state index in [9.17, 15) is 4.39 Å². The Morgan fingerprint density at radius 3 is 3.10 bits per heavy atom. The zero-order valence-electron chi connectivity index (χ0n) is 11.2. The van der Waals surface area contributed by atoms with Gasteiger partial charge in [-0.1, -0.05) is 0 Å². The first-order chi connectivity index (χ1) is 9.65. The van der Waals surface area contributed by atoms with Crippen molar-refractivity contribution in [2.45, 2.75) is 32.4 Å². The molecule has 0 bridgehead atoms. The third-order valence-electron chi connectivity index (χ3n) is 3.45. The fourth-order valence-corrected chi connectivity index (χ4v) is 2.46. The molecule has 1 aliphatic rings. The molecule has 0 radical (unpaired) electrons. The van der Waals surface area contributed by atoms with Gasteiger partial charge in [-0.05, 0) is 47.9 Å². The zero-order valence-corrected chi connectivity index (χ0v) is 11.2. The zero-order chi connectivity index (χ0) is 14.1. The first kappa shape index (κ1) is 13.0. The van der Waals surface area contributed by atoms with Gasteiger partial charge in [0.05, 0.1) is 18.2 Å². The highest BCUT2D eigenvalue weighted by Crippen LogP contribution is 2.26. The molecule has 3 rings (SSSR count). The second-order valence-corrected chi connectivity index (χ2v) is 5.02. The third-order valence-corrected chi connectivity index (χ3v) is 3.45. The van der Waals surface area contributed by atoms with E-state index >= 15 is 0 Å². The van der Waals surface area contributed by atoms with Gasteiger partial charge in [0.1, 0.15) is 5.82 Å². The minimum Gasteiger partial charge on any atom is -0.399 e. The summed E-state index contributed by atoms with van der Waals surface area (Å²) in [6.45, 7) is 2.95. The van der Waals surface area contributed by atoms with Gasteiger partial charge in [0, 0.05) is 12.3 Å². The summed E-state index contributed by atoms with van der Waals surface area (Å²) < 4.78 is 21.4. The van der Waals surface area contributed by atoms with Crippen molar-refractivity contribution in [1.29, 1.82) is 0 Å². The number of nitrogens with zero attached hydrogens (tertiary/aromatic N) is 4. The van der Waals surface area contributed by atoms with Crippen molar-refractivity contribution in [2.24, 2.45) is 0 Å². The molecular formula is C13H16FN5O. The number of aryl methyl sites for hydroxylation is 1. The molecule has 1 aliphatic heterocycles. The Bertz CT molecular complexity index is 621. The van der Waals surface area contributed by atoms with Crippen LogP contribution in [0.5, 0.6) is 0 Å². The monoisotopic (exact) mass is 277 g/mol. The van der Waals surface area contributed by atoms with E-state index in [0.29, 0.717) is 29.2 Å². The fraction of sp³-hybridized carbons (Fsp3) is 0.462. The molecule has 106 valence electrons. The van der Waals surface area contributed by atoms with E-state index in [1.807, 2.05) is 0 Å². The van der Waals surface area contributed by atoms with Gasteiger partial charge in [0.2, 0.25) is 0 Å². The molecule has 2 heterocycles. The lowest BCUT2D eigenvalue weighted by molar-refractivity contribution is 0.0939. The van der Waals surface area contributed by atoms with E-state index in [1.165, 1.54) is 0 Å². The Morgan fingerprint density at radius 2 is 2.35 bits per heavy atom. The van der Waals surface area contributed by atoms with Crippen molar-refractivity contribution in [3.8, 4) is 11.4 Å². The summed E-state index contributed by atoms with van der Waals surface area (Å²) in [6, 6.07) is 3.15. The largest absolute Gasteiger partial charge is 0.399 e. The molecular weight excluding hydrogens is 261 g/mol. The quantitative estimate of drug-likeness (QED) is 0.861. The summed E-state index contributed by atoms with van der Waals surface area (Å²) in [4.78, 5) is 0. The Balaban J connectivity index is 1.96. The van der Waals surface area contributed by atoms with Crippen LogP contribution in [0.15, 0.2) is 12.1 Å². The van der Waals surface area contributed by atoms with Crippen molar-refractivity contribution >= 4 is 5.69 Å². The SMILES string of the molecule is Cc1cc(N)cc(-c2nnnn2CC2CCCO2)c1F. The van der Waals surface area contributed by atoms with Gasteiger partial charge in [-0.2, -0.15) is 0 Å². The molecule has 6 nitrogen and oxygen atoms in total. The average Bonchev–Trinajstić information content (AvgIpc) is 3.06. The van der Waals surface area contributed by atoms with Crippen LogP contribution in [0.2, 0.25) is 0 Å². The molecule has 0 saturated carbocycles. The smallest absolute Gasteiger partial charge is 0.185 e. The number of aromatic nitrogens is 4. The summed E-state index contributed by atoms with van der Waals surface area (Å²) in [5.74, 6) is 0.0380. The van der Waals surface area contributed by atoms with Crippen LogP contribution in [0.3, 0.4) is 0 Å². The number of hydrogen-bond acceptors (Lipinski definition) is 5. The number of tetrazole rings is 1. The van der Waals surface area contributed by atoms with Crippen LogP contribution in [-0.4, -0.2) is 32.9 Å². The third kappa shape index (κ3) is 2.36. The van der Waals surface area contributed by atoms with Gasteiger partial charge in [-0.3, -0.25) is 0 Å². The fourth-order valence-electron chi connectivity index (χ4n) is 2.46. The highest BCUT2D eigenvalue weighted by atomic mass is 19.1. The lowest BCUT2D eigenvalue weighted by Gasteiger charge is -2.11. The molecule has 0 aliphatic carbocycles. The lowest BCUT2D eigenvalue weighted by atomic mass is 10.1. The molecule has 7 heteroatoms. The maximum Gasteiger partial charge on any atom is 0.185 e. The normalized spacial score (nSPS) is 18.6. The number of benzene rings is 1. The van der Waals surface area contributed by atoms with Gasteiger partial charge < -0.3 is 10.5 Å². The molecule has 1 unspecified atom stereocenters. The minimum absolute atomic E-state index is 0.0856. The van der Waals surface area contributed by atoms with Crippen molar-refractivity contribution in [2.75, 3.05) is 12.3 Å². The number of anilines is 1. The molecule has 1 atom stereocenters. The number of ether oxygens (including phenoxy) is 1. The Morgan fingerprint density at radius 1 is 1.50 bits per heavy atom. The molecule has 1 saturated heterocycles. The van der Waals surface area contributed by atoms with E-state index in [1.54, 1.807) is 23.7 Å². The summed E-state index contributed by atoms with van der Waals surface area (Å²) in [6.07, 6.45) is 2.09. The summed E-state index contributed by atoms with van der Waals surface area (Å²) >= 11 is 0. The standard InChI is InChI=1S/C13H16FN5O/c1-8-5-9(15)6-11(12(8)14)13-16-17-18-19(13)7-10-3-2-4-20-10/h5-6,10H,2-4,7,15H2,1H3. The maximum absolute atomic E-state index is 14.2. The highest BCUT2D eigenvalue weighted by molar-refractivity contribution is 5.63. The van der Waals surface area contributed by atoms with Crippen molar-refractivity contribution in [3.63, 3.8) is 0 Å². The number of nitrogens with two attached hydrogens (primary N) is 1. The molecule has 2 aromatic rings. The maximum atomic E-state index is 14.2. The van der Waals surface area contributed by atoms with Crippen LogP contribution in [0.4, 0.5) is 10.1 Å². The molecule has 1 fully saturated rings. The van der Waals surface area contributed by atoms with Crippen LogP contribution < -0.4 is 5.73 Å². The lowest BCUT2D eigenvalue weighted by Crippen LogP contribution is -2.17. The van der Waals surface area contributed by atoms with Crippen molar-refractivity contribution < 1.29 is 9.13 Å². The summed E-state index contributed by atoms with van der Waals surface area (Å²) in [5.41, 5.74) is 7.07. The molecule has 20 heavy (non-hydrogen) atoms. The van der Waals surface area contributed by atoms with Gasteiger partial charge in [0.25, 0.3) is 0 Å². The number of halogens is 1. The van der Waals surface area contributed by atoms with Crippen LogP contribution in [0.25, 0.3) is 11.4 Å². The van der Waals surface area contributed by atoms with Gasteiger partial charge in [0.15, 0.2) is 5.82 Å². The van der Waals surface area contributed by atoms with Crippen LogP contribution in [-0.2, 0) is 11.3 Å². The predicted octanol–water partition coefficient (Wildman–Crippen LogP) is 1.55. The highest BCUT2D eigenvalue weighted by Gasteiger charge is 2.21. The van der Waals surface area contributed by atoms with Gasteiger partial charge in [-0.25, -0.2) is 9.07 Å². The summed E-state index contributed by atoms with van der Waals surface area (Å²) in [5, 5.41) is 11.5. The number of rotatable bonds is 3. The van der Waals surface area contributed by atoms with Crippen LogP contribution >= 0.6 is 0 Å². The van der Waals surface area contributed by atoms with Gasteiger partial charge >= 0.3 is 0 Å². The number of nitrogen functional groups attached to an aromatic ring is 1. The molecule has 1 aromatic carbocycles. The van der Waals surface area contributed by atoms with E-state index in [-0.39, 0.29) is 11.9 Å². The molecule has 0 spiro atoms. The molecule has 2 N–H and O–H groups in total. The van der Waals surface area contributed by atoms with E-state index in [2.05, 4.69) is 15.5 Å². The Kier molecular flexibility index (Phi) is 3.35. The first-order valence-corrected chi connectivity index (χ1v) is 6.59. The Hall–Kier alpha value is -2.02. The second kappa shape index (κ2) is 5.16. The van der Waals surface area contributed by atoms with E-state index < -0.39 is 0 Å². The van der Waals surface area contributed by atoms with E-state index in [0.717, 1.165) is 19.4 Å². The second-order valence-electron chi connectivity index (χ2n) is 5.02. The average molecular weight is 277 g/mol. The van der Waals surface area contributed by atoms with Gasteiger partial charge in [-0.15, -0.1) is 5.10 Å². The predicted molar refractivity (Wildman–Crippen MR) is 71.3 cm³/mol. The topological polar surface area (TPSA) is 78.9 Å².